The molecule has 3 rings (SSSR count). The summed E-state index contributed by atoms with van der Waals surface area (Å²) in [7, 11) is 1.86. The quantitative estimate of drug-likeness (QED) is 0.903. The molecule has 1 N–H and O–H groups in total. The van der Waals surface area contributed by atoms with E-state index in [1.54, 1.807) is 23.9 Å². The number of carbonyl (C=O) groups excluding carboxylic acids is 1. The molecule has 20 heavy (non-hydrogen) atoms. The van der Waals surface area contributed by atoms with Crippen LogP contribution in [0.25, 0.3) is 0 Å². The molecule has 2 aromatic rings. The minimum absolute atomic E-state index is 0.0942. The molecule has 2 aromatic heterocycles. The number of rotatable bonds is 3. The number of amides is 1. The van der Waals surface area contributed by atoms with E-state index in [1.165, 1.54) is 0 Å². The molecule has 106 valence electrons. The van der Waals surface area contributed by atoms with Gasteiger partial charge in [0.15, 0.2) is 0 Å². The zero-order chi connectivity index (χ0) is 14.1. The predicted octanol–water partition coefficient (Wildman–Crippen LogP) is 0.977. The second-order valence-corrected chi connectivity index (χ2v) is 4.87. The van der Waals surface area contributed by atoms with Gasteiger partial charge in [-0.1, -0.05) is 5.16 Å². The van der Waals surface area contributed by atoms with E-state index in [1.807, 2.05) is 13.1 Å². The first-order chi connectivity index (χ1) is 9.65. The lowest BCUT2D eigenvalue weighted by molar-refractivity contribution is 0.0769. The van der Waals surface area contributed by atoms with Crippen molar-refractivity contribution in [3.8, 4) is 0 Å². The zero-order valence-corrected chi connectivity index (χ0v) is 11.4. The van der Waals surface area contributed by atoms with Crippen LogP contribution < -0.4 is 5.32 Å². The van der Waals surface area contributed by atoms with E-state index in [0.29, 0.717) is 12.3 Å². The highest BCUT2D eigenvalue weighted by atomic mass is 16.5. The normalized spacial score (nSPS) is 22.1. The predicted molar refractivity (Wildman–Crippen MR) is 69.0 cm³/mol. The first-order valence-electron chi connectivity index (χ1n) is 6.49. The molecule has 7 nitrogen and oxygen atoms in total. The first-order valence-corrected chi connectivity index (χ1v) is 6.49. The standard InChI is InChI=1S/C13H16N4O3/c1-8-7-11(20-16-8)13(18)15-9-4-6-19-12(9)10-3-5-14-17(10)2/h3,5,7,9,12H,4,6H2,1-2H3,(H,15,18)/t9-,12-/m0/s1. The number of aromatic nitrogens is 3. The smallest absolute Gasteiger partial charge is 0.290 e. The number of hydrogen-bond donors (Lipinski definition) is 1. The molecule has 0 aromatic carbocycles. The minimum atomic E-state index is -0.270. The molecule has 0 radical (unpaired) electrons. The molecule has 1 aliphatic rings. The van der Waals surface area contributed by atoms with Crippen LogP contribution in [-0.2, 0) is 11.8 Å². The largest absolute Gasteiger partial charge is 0.370 e. The molecule has 1 saturated heterocycles. The van der Waals surface area contributed by atoms with Gasteiger partial charge in [0, 0.05) is 25.9 Å². The monoisotopic (exact) mass is 276 g/mol. The molecule has 0 aliphatic carbocycles. The Bertz CT molecular complexity index is 619. The third kappa shape index (κ3) is 2.32. The van der Waals surface area contributed by atoms with Crippen LogP contribution in [0.1, 0.15) is 34.5 Å². The van der Waals surface area contributed by atoms with E-state index in [-0.39, 0.29) is 23.8 Å². The van der Waals surface area contributed by atoms with Crippen LogP contribution >= 0.6 is 0 Å². The topological polar surface area (TPSA) is 82.2 Å². The molecule has 0 spiro atoms. The zero-order valence-electron chi connectivity index (χ0n) is 11.4. The number of carbonyl (C=O) groups is 1. The molecule has 2 atom stereocenters. The third-order valence-corrected chi connectivity index (χ3v) is 3.41. The highest BCUT2D eigenvalue weighted by Crippen LogP contribution is 2.28. The SMILES string of the molecule is Cc1cc(C(=O)N[C@H]2CCO[C@@H]2c2ccnn2C)on1. The number of nitrogens with one attached hydrogen (secondary N) is 1. The summed E-state index contributed by atoms with van der Waals surface area (Å²) in [5, 5.41) is 10.8. The minimum Gasteiger partial charge on any atom is -0.370 e. The Morgan fingerprint density at radius 3 is 3.05 bits per heavy atom. The van der Waals surface area contributed by atoms with Crippen molar-refractivity contribution >= 4 is 5.91 Å². The van der Waals surface area contributed by atoms with Crippen molar-refractivity contribution in [2.45, 2.75) is 25.5 Å². The van der Waals surface area contributed by atoms with Gasteiger partial charge in [-0.15, -0.1) is 0 Å². The van der Waals surface area contributed by atoms with Crippen LogP contribution in [-0.4, -0.2) is 33.5 Å². The van der Waals surface area contributed by atoms with Crippen molar-refractivity contribution in [3.05, 3.63) is 35.5 Å². The van der Waals surface area contributed by atoms with E-state index < -0.39 is 0 Å². The summed E-state index contributed by atoms with van der Waals surface area (Å²) in [5.74, 6) is -0.0496. The molecular weight excluding hydrogens is 260 g/mol. The van der Waals surface area contributed by atoms with E-state index in [2.05, 4.69) is 15.6 Å². The molecule has 0 bridgehead atoms. The summed E-state index contributed by atoms with van der Waals surface area (Å²) in [6, 6.07) is 3.42. The highest BCUT2D eigenvalue weighted by Gasteiger charge is 2.33. The molecule has 7 heteroatoms. The number of ether oxygens (including phenoxy) is 1. The van der Waals surface area contributed by atoms with Gasteiger partial charge < -0.3 is 14.6 Å². The summed E-state index contributed by atoms with van der Waals surface area (Å²) in [5.41, 5.74) is 1.63. The highest BCUT2D eigenvalue weighted by molar-refractivity contribution is 5.91. The lowest BCUT2D eigenvalue weighted by atomic mass is 10.1. The average molecular weight is 276 g/mol. The second kappa shape index (κ2) is 5.09. The Hall–Kier alpha value is -2.15. The summed E-state index contributed by atoms with van der Waals surface area (Å²) in [4.78, 5) is 12.1. The van der Waals surface area contributed by atoms with Crippen LogP contribution in [0, 0.1) is 6.92 Å². The second-order valence-electron chi connectivity index (χ2n) is 4.87. The van der Waals surface area contributed by atoms with Gasteiger partial charge in [0.1, 0.15) is 6.10 Å². The van der Waals surface area contributed by atoms with Crippen molar-refractivity contribution in [1.29, 1.82) is 0 Å². The fraction of sp³-hybridized carbons (Fsp3) is 0.462. The van der Waals surface area contributed by atoms with E-state index in [4.69, 9.17) is 9.26 Å². The van der Waals surface area contributed by atoms with Gasteiger partial charge in [-0.3, -0.25) is 9.48 Å². The Labute approximate surface area is 115 Å². The van der Waals surface area contributed by atoms with Crippen LogP contribution in [0.3, 0.4) is 0 Å². The lowest BCUT2D eigenvalue weighted by Crippen LogP contribution is -2.37. The van der Waals surface area contributed by atoms with Crippen molar-refractivity contribution in [2.75, 3.05) is 6.61 Å². The van der Waals surface area contributed by atoms with Crippen LogP contribution in [0.15, 0.2) is 22.9 Å². The maximum atomic E-state index is 12.1. The Kier molecular flexibility index (Phi) is 3.27. The van der Waals surface area contributed by atoms with Gasteiger partial charge in [-0.05, 0) is 19.4 Å². The van der Waals surface area contributed by atoms with Crippen molar-refractivity contribution in [1.82, 2.24) is 20.3 Å². The molecule has 0 saturated carbocycles. The van der Waals surface area contributed by atoms with E-state index in [9.17, 15) is 4.79 Å². The summed E-state index contributed by atoms with van der Waals surface area (Å²) in [6.07, 6.45) is 2.29. The molecule has 0 unspecified atom stereocenters. The van der Waals surface area contributed by atoms with Gasteiger partial charge in [-0.25, -0.2) is 0 Å². The maximum absolute atomic E-state index is 12.1. The van der Waals surface area contributed by atoms with Crippen molar-refractivity contribution < 1.29 is 14.1 Å². The number of hydrogen-bond acceptors (Lipinski definition) is 5. The average Bonchev–Trinajstić information content (AvgIpc) is 3.10. The number of nitrogens with zero attached hydrogens (tertiary/aromatic N) is 3. The van der Waals surface area contributed by atoms with Crippen LogP contribution in [0.4, 0.5) is 0 Å². The van der Waals surface area contributed by atoms with Gasteiger partial charge in [-0.2, -0.15) is 5.10 Å². The fourth-order valence-electron chi connectivity index (χ4n) is 2.40. The number of aryl methyl sites for hydroxylation is 2. The lowest BCUT2D eigenvalue weighted by Gasteiger charge is -2.19. The molecular formula is C13H16N4O3. The Morgan fingerprint density at radius 1 is 1.55 bits per heavy atom. The Balaban J connectivity index is 1.73. The molecule has 1 amide bonds. The molecule has 1 aliphatic heterocycles. The van der Waals surface area contributed by atoms with Gasteiger partial charge >= 0.3 is 0 Å². The third-order valence-electron chi connectivity index (χ3n) is 3.41. The maximum Gasteiger partial charge on any atom is 0.290 e. The van der Waals surface area contributed by atoms with Gasteiger partial charge in [0.05, 0.1) is 17.4 Å². The molecule has 3 heterocycles. The Morgan fingerprint density at radius 2 is 2.40 bits per heavy atom. The summed E-state index contributed by atoms with van der Waals surface area (Å²) >= 11 is 0. The molecule has 1 fully saturated rings. The van der Waals surface area contributed by atoms with E-state index in [0.717, 1.165) is 12.1 Å². The van der Waals surface area contributed by atoms with Crippen LogP contribution in [0.2, 0.25) is 0 Å². The van der Waals surface area contributed by atoms with Gasteiger partial charge in [0.2, 0.25) is 5.76 Å². The van der Waals surface area contributed by atoms with E-state index >= 15 is 0 Å². The van der Waals surface area contributed by atoms with Crippen LogP contribution in [0.5, 0.6) is 0 Å². The van der Waals surface area contributed by atoms with Crippen molar-refractivity contribution in [3.63, 3.8) is 0 Å². The fourth-order valence-corrected chi connectivity index (χ4v) is 2.40. The first kappa shape index (κ1) is 12.9. The van der Waals surface area contributed by atoms with Gasteiger partial charge in [0.25, 0.3) is 5.91 Å². The summed E-state index contributed by atoms with van der Waals surface area (Å²) < 4.78 is 12.4. The summed E-state index contributed by atoms with van der Waals surface area (Å²) in [6.45, 7) is 2.38. The van der Waals surface area contributed by atoms with Crippen molar-refractivity contribution in [2.24, 2.45) is 7.05 Å².